The van der Waals surface area contributed by atoms with Crippen molar-refractivity contribution in [2.45, 2.75) is 12.6 Å². The molecule has 1 aromatic carbocycles. The summed E-state index contributed by atoms with van der Waals surface area (Å²) in [5.41, 5.74) is 0.647. The van der Waals surface area contributed by atoms with Crippen LogP contribution in [0.3, 0.4) is 0 Å². The maximum absolute atomic E-state index is 12.4. The van der Waals surface area contributed by atoms with E-state index in [1.54, 1.807) is 0 Å². The van der Waals surface area contributed by atoms with Crippen molar-refractivity contribution in [3.05, 3.63) is 53.9 Å². The first kappa shape index (κ1) is 15.7. The number of nitrogens with zero attached hydrogens (tertiary/aromatic N) is 5. The fourth-order valence-corrected chi connectivity index (χ4v) is 1.86. The van der Waals surface area contributed by atoms with Crippen LogP contribution in [0.5, 0.6) is 0 Å². The third-order valence-electron chi connectivity index (χ3n) is 2.98. The Balaban J connectivity index is 1.76. The molecule has 0 aliphatic rings. The first-order valence-corrected chi connectivity index (χ1v) is 6.60. The second-order valence-electron chi connectivity index (χ2n) is 4.66. The molecule has 0 N–H and O–H groups in total. The Bertz CT molecular complexity index is 847. The van der Waals surface area contributed by atoms with Crippen molar-refractivity contribution < 1.29 is 22.5 Å². The summed E-state index contributed by atoms with van der Waals surface area (Å²) in [6, 6.07) is 5.78. The van der Waals surface area contributed by atoms with Gasteiger partial charge in [0.15, 0.2) is 11.6 Å². The minimum atomic E-state index is -4.70. The van der Waals surface area contributed by atoms with E-state index in [0.29, 0.717) is 11.1 Å². The van der Waals surface area contributed by atoms with E-state index in [1.807, 2.05) is 0 Å². The lowest BCUT2D eigenvalue weighted by atomic mass is 10.1. The molecule has 3 aromatic rings. The minimum Gasteiger partial charge on any atom is -0.329 e. The van der Waals surface area contributed by atoms with Gasteiger partial charge in [0, 0.05) is 17.3 Å². The van der Waals surface area contributed by atoms with E-state index in [9.17, 15) is 18.0 Å². The lowest BCUT2D eigenvalue weighted by molar-refractivity contribution is -0.159. The third kappa shape index (κ3) is 3.42. The van der Waals surface area contributed by atoms with Crippen LogP contribution in [0.4, 0.5) is 13.2 Å². The maximum Gasteiger partial charge on any atom is 0.471 e. The van der Waals surface area contributed by atoms with Gasteiger partial charge in [-0.1, -0.05) is 29.4 Å². The summed E-state index contributed by atoms with van der Waals surface area (Å²) in [5, 5.41) is 10.6. The van der Waals surface area contributed by atoms with E-state index in [-0.39, 0.29) is 23.9 Å². The molecular formula is C14H8F3N5O2. The molecule has 0 radical (unpaired) electrons. The Morgan fingerprint density at radius 3 is 2.46 bits per heavy atom. The molecular weight excluding hydrogens is 327 g/mol. The van der Waals surface area contributed by atoms with Crippen molar-refractivity contribution in [3.8, 4) is 11.4 Å². The van der Waals surface area contributed by atoms with Crippen LogP contribution in [0, 0.1) is 0 Å². The molecule has 0 aliphatic heterocycles. The van der Waals surface area contributed by atoms with Crippen LogP contribution in [0.25, 0.3) is 11.4 Å². The highest BCUT2D eigenvalue weighted by atomic mass is 19.4. The van der Waals surface area contributed by atoms with Crippen LogP contribution in [0.1, 0.15) is 22.1 Å². The number of hydrogen-bond acceptors (Lipinski definition) is 7. The molecule has 2 heterocycles. The van der Waals surface area contributed by atoms with Crippen LogP contribution in [0.15, 0.2) is 41.2 Å². The zero-order valence-corrected chi connectivity index (χ0v) is 11.9. The molecule has 0 saturated carbocycles. The average molecular weight is 335 g/mol. The van der Waals surface area contributed by atoms with Gasteiger partial charge in [-0.15, -0.1) is 5.10 Å². The van der Waals surface area contributed by atoms with Crippen molar-refractivity contribution >= 4 is 5.78 Å². The summed E-state index contributed by atoms with van der Waals surface area (Å²) in [5.74, 6) is -1.61. The van der Waals surface area contributed by atoms with E-state index in [2.05, 4.69) is 29.8 Å². The van der Waals surface area contributed by atoms with Crippen LogP contribution < -0.4 is 0 Å². The number of rotatable bonds is 4. The number of aromatic nitrogens is 5. The van der Waals surface area contributed by atoms with Gasteiger partial charge in [0.2, 0.25) is 5.82 Å². The summed E-state index contributed by atoms with van der Waals surface area (Å²) in [4.78, 5) is 19.3. The van der Waals surface area contributed by atoms with Gasteiger partial charge in [0.25, 0.3) is 0 Å². The number of ketones is 1. The topological polar surface area (TPSA) is 94.7 Å². The lowest BCUT2D eigenvalue weighted by Gasteiger charge is -2.01. The zero-order chi connectivity index (χ0) is 17.2. The van der Waals surface area contributed by atoms with E-state index in [0.717, 1.165) is 0 Å². The zero-order valence-electron chi connectivity index (χ0n) is 11.9. The normalized spacial score (nSPS) is 11.5. The van der Waals surface area contributed by atoms with Gasteiger partial charge in [-0.05, 0) is 0 Å². The Morgan fingerprint density at radius 1 is 1.12 bits per heavy atom. The van der Waals surface area contributed by atoms with Gasteiger partial charge in [-0.25, -0.2) is 4.98 Å². The molecule has 10 heteroatoms. The van der Waals surface area contributed by atoms with E-state index in [1.165, 1.54) is 36.7 Å². The smallest absolute Gasteiger partial charge is 0.329 e. The lowest BCUT2D eigenvalue weighted by Crippen LogP contribution is -2.07. The van der Waals surface area contributed by atoms with E-state index in [4.69, 9.17) is 0 Å². The van der Waals surface area contributed by atoms with Crippen molar-refractivity contribution in [1.82, 2.24) is 25.3 Å². The molecule has 0 spiro atoms. The van der Waals surface area contributed by atoms with Crippen LogP contribution in [0.2, 0.25) is 0 Å². The highest BCUT2D eigenvalue weighted by molar-refractivity contribution is 5.97. The van der Waals surface area contributed by atoms with E-state index >= 15 is 0 Å². The van der Waals surface area contributed by atoms with Gasteiger partial charge in [-0.2, -0.15) is 23.3 Å². The number of halogens is 3. The Labute approximate surface area is 132 Å². The van der Waals surface area contributed by atoms with Gasteiger partial charge >= 0.3 is 12.1 Å². The van der Waals surface area contributed by atoms with Crippen LogP contribution in [-0.4, -0.2) is 31.1 Å². The summed E-state index contributed by atoms with van der Waals surface area (Å²) in [6.45, 7) is 0. The molecule has 0 fully saturated rings. The van der Waals surface area contributed by atoms with Crippen molar-refractivity contribution in [2.75, 3.05) is 0 Å². The molecule has 0 saturated heterocycles. The molecule has 122 valence electrons. The second-order valence-corrected chi connectivity index (χ2v) is 4.66. The van der Waals surface area contributed by atoms with Gasteiger partial charge in [-0.3, -0.25) is 4.79 Å². The molecule has 0 bridgehead atoms. The standard InChI is InChI=1S/C14H8F3N5O2/c15-14(16,17)13-20-12(22-24-13)9-3-1-8(2-4-9)10(23)7-11-18-5-6-19-21-11/h1-6H,7H2. The number of carbonyl (C=O) groups is 1. The number of alkyl halides is 3. The van der Waals surface area contributed by atoms with Crippen LogP contribution in [-0.2, 0) is 12.6 Å². The Morgan fingerprint density at radius 2 is 1.88 bits per heavy atom. The summed E-state index contributed by atoms with van der Waals surface area (Å²) >= 11 is 0. The molecule has 7 nitrogen and oxygen atoms in total. The molecule has 24 heavy (non-hydrogen) atoms. The number of Topliss-reactive ketones (excluding diaryl/α,β-unsaturated/α-hetero) is 1. The molecule has 0 unspecified atom stereocenters. The summed E-state index contributed by atoms with van der Waals surface area (Å²) in [7, 11) is 0. The second kappa shape index (κ2) is 6.14. The summed E-state index contributed by atoms with van der Waals surface area (Å²) in [6.07, 6.45) is -1.92. The Hall–Kier alpha value is -3.17. The highest BCUT2D eigenvalue weighted by Crippen LogP contribution is 2.29. The average Bonchev–Trinajstić information content (AvgIpc) is 3.06. The van der Waals surface area contributed by atoms with Crippen LogP contribution >= 0.6 is 0 Å². The van der Waals surface area contributed by atoms with Gasteiger partial charge < -0.3 is 4.52 Å². The first-order chi connectivity index (χ1) is 11.4. The molecule has 3 rings (SSSR count). The van der Waals surface area contributed by atoms with Crippen molar-refractivity contribution in [2.24, 2.45) is 0 Å². The minimum absolute atomic E-state index is 0.0341. The predicted molar refractivity (Wildman–Crippen MR) is 72.6 cm³/mol. The predicted octanol–water partition coefficient (Wildman–Crippen LogP) is 2.37. The van der Waals surface area contributed by atoms with Gasteiger partial charge in [0.05, 0.1) is 12.6 Å². The largest absolute Gasteiger partial charge is 0.471 e. The number of hydrogen-bond donors (Lipinski definition) is 0. The molecule has 0 amide bonds. The highest BCUT2D eigenvalue weighted by Gasteiger charge is 2.38. The van der Waals surface area contributed by atoms with Crippen molar-refractivity contribution in [3.63, 3.8) is 0 Å². The SMILES string of the molecule is O=C(Cc1nccnn1)c1ccc(-c2noc(C(F)(F)F)n2)cc1. The monoisotopic (exact) mass is 335 g/mol. The number of benzene rings is 1. The van der Waals surface area contributed by atoms with E-state index < -0.39 is 12.1 Å². The fraction of sp³-hybridized carbons (Fsp3) is 0.143. The maximum atomic E-state index is 12.4. The first-order valence-electron chi connectivity index (χ1n) is 6.60. The fourth-order valence-electron chi connectivity index (χ4n) is 1.86. The Kier molecular flexibility index (Phi) is 4.02. The van der Waals surface area contributed by atoms with Crippen molar-refractivity contribution in [1.29, 1.82) is 0 Å². The van der Waals surface area contributed by atoms with Gasteiger partial charge in [0.1, 0.15) is 0 Å². The molecule has 0 aliphatic carbocycles. The number of carbonyl (C=O) groups excluding carboxylic acids is 1. The quantitative estimate of drug-likeness (QED) is 0.675. The molecule has 2 aromatic heterocycles. The molecule has 0 atom stereocenters. The third-order valence-corrected chi connectivity index (χ3v) is 2.98. The summed E-state index contributed by atoms with van der Waals surface area (Å²) < 4.78 is 41.5.